The van der Waals surface area contributed by atoms with Crippen LogP contribution in [0.3, 0.4) is 0 Å². The fraction of sp³-hybridized carbons (Fsp3) is 0.250. The first-order valence-electron chi connectivity index (χ1n) is 6.61. The van der Waals surface area contributed by atoms with Gasteiger partial charge in [-0.2, -0.15) is 0 Å². The molecule has 0 aromatic heterocycles. The van der Waals surface area contributed by atoms with Gasteiger partial charge in [0.2, 0.25) is 0 Å². The second-order valence-electron chi connectivity index (χ2n) is 4.48. The van der Waals surface area contributed by atoms with E-state index in [-0.39, 0.29) is 11.6 Å². The molecule has 0 fully saturated rings. The highest BCUT2D eigenvalue weighted by Gasteiger charge is 2.07. The van der Waals surface area contributed by atoms with Crippen molar-refractivity contribution in [2.75, 3.05) is 6.54 Å². The molecule has 2 aromatic carbocycles. The quantitative estimate of drug-likeness (QED) is 0.797. The summed E-state index contributed by atoms with van der Waals surface area (Å²) in [7, 11) is 0. The van der Waals surface area contributed by atoms with E-state index in [9.17, 15) is 8.78 Å². The zero-order valence-corrected chi connectivity index (χ0v) is 11.3. The number of ether oxygens (including phenoxy) is 1. The molecule has 0 spiro atoms. The number of hydrogen-bond donors (Lipinski definition) is 1. The van der Waals surface area contributed by atoms with Gasteiger partial charge in [-0.1, -0.05) is 6.92 Å². The van der Waals surface area contributed by atoms with Crippen LogP contribution in [0.5, 0.6) is 11.5 Å². The average molecular weight is 277 g/mol. The Labute approximate surface area is 117 Å². The Morgan fingerprint density at radius 1 is 1.00 bits per heavy atom. The molecule has 106 valence electrons. The zero-order valence-electron chi connectivity index (χ0n) is 11.3. The highest BCUT2D eigenvalue weighted by molar-refractivity contribution is 5.38. The van der Waals surface area contributed by atoms with E-state index < -0.39 is 0 Å². The van der Waals surface area contributed by atoms with Crippen molar-refractivity contribution in [2.24, 2.45) is 0 Å². The lowest BCUT2D eigenvalue weighted by atomic mass is 10.2. The summed E-state index contributed by atoms with van der Waals surface area (Å²) in [5, 5.41) is 3.21. The number of rotatable bonds is 6. The lowest BCUT2D eigenvalue weighted by Gasteiger charge is -2.12. The van der Waals surface area contributed by atoms with Crippen LogP contribution in [0.15, 0.2) is 42.5 Å². The van der Waals surface area contributed by atoms with E-state index in [0.717, 1.165) is 18.5 Å². The summed E-state index contributed by atoms with van der Waals surface area (Å²) in [4.78, 5) is 0. The van der Waals surface area contributed by atoms with Gasteiger partial charge in [-0.15, -0.1) is 0 Å². The Balaban J connectivity index is 2.15. The number of benzene rings is 2. The molecule has 0 radical (unpaired) electrons. The minimum atomic E-state index is -0.318. The Kier molecular flexibility index (Phi) is 5.07. The summed E-state index contributed by atoms with van der Waals surface area (Å²) in [6.07, 6.45) is 1.00. The molecule has 0 unspecified atom stereocenters. The Morgan fingerprint density at radius 2 is 1.70 bits per heavy atom. The first-order valence-corrected chi connectivity index (χ1v) is 6.61. The third-order valence-electron chi connectivity index (χ3n) is 2.81. The van der Waals surface area contributed by atoms with Crippen LogP contribution in [0, 0.1) is 11.6 Å². The van der Waals surface area contributed by atoms with E-state index in [1.54, 1.807) is 18.2 Å². The standard InChI is InChI=1S/C16H17F2NO/c1-2-9-19-11-12-10-14(18)5-8-16(12)20-15-6-3-13(17)4-7-15/h3-8,10,19H,2,9,11H2,1H3. The second-order valence-corrected chi connectivity index (χ2v) is 4.48. The van der Waals surface area contributed by atoms with Crippen molar-refractivity contribution >= 4 is 0 Å². The SMILES string of the molecule is CCCNCc1cc(F)ccc1Oc1ccc(F)cc1. The third kappa shape index (κ3) is 4.03. The largest absolute Gasteiger partial charge is 0.457 e. The van der Waals surface area contributed by atoms with Crippen LogP contribution < -0.4 is 10.1 Å². The molecule has 0 aliphatic carbocycles. The summed E-state index contributed by atoms with van der Waals surface area (Å²) in [5.41, 5.74) is 0.739. The van der Waals surface area contributed by atoms with Crippen LogP contribution in [-0.2, 0) is 6.54 Å². The molecule has 2 rings (SSSR count). The average Bonchev–Trinajstić information content (AvgIpc) is 2.44. The van der Waals surface area contributed by atoms with E-state index in [0.29, 0.717) is 18.0 Å². The van der Waals surface area contributed by atoms with Crippen molar-refractivity contribution in [3.05, 3.63) is 59.7 Å². The van der Waals surface area contributed by atoms with E-state index in [1.807, 2.05) is 0 Å². The second kappa shape index (κ2) is 7.01. The predicted octanol–water partition coefficient (Wildman–Crippen LogP) is 4.26. The van der Waals surface area contributed by atoms with Crippen LogP contribution in [-0.4, -0.2) is 6.54 Å². The van der Waals surface area contributed by atoms with E-state index in [1.165, 1.54) is 24.3 Å². The molecule has 0 saturated heterocycles. The minimum Gasteiger partial charge on any atom is -0.457 e. The number of nitrogens with one attached hydrogen (secondary N) is 1. The van der Waals surface area contributed by atoms with Crippen molar-refractivity contribution in [1.82, 2.24) is 5.32 Å². The first kappa shape index (κ1) is 14.5. The normalized spacial score (nSPS) is 10.6. The zero-order chi connectivity index (χ0) is 14.4. The van der Waals surface area contributed by atoms with Gasteiger partial charge in [-0.25, -0.2) is 8.78 Å². The molecule has 0 amide bonds. The van der Waals surface area contributed by atoms with Gasteiger partial charge in [0.1, 0.15) is 23.1 Å². The molecule has 4 heteroatoms. The van der Waals surface area contributed by atoms with E-state index in [2.05, 4.69) is 12.2 Å². The van der Waals surface area contributed by atoms with E-state index in [4.69, 9.17) is 4.74 Å². The molecule has 0 atom stereocenters. The lowest BCUT2D eigenvalue weighted by Crippen LogP contribution is -2.14. The number of halogens is 2. The maximum absolute atomic E-state index is 13.3. The van der Waals surface area contributed by atoms with Gasteiger partial charge in [0.05, 0.1) is 0 Å². The Hall–Kier alpha value is -1.94. The summed E-state index contributed by atoms with van der Waals surface area (Å²) in [6, 6.07) is 10.1. The van der Waals surface area contributed by atoms with Crippen molar-refractivity contribution in [3.63, 3.8) is 0 Å². The topological polar surface area (TPSA) is 21.3 Å². The number of hydrogen-bond acceptors (Lipinski definition) is 2. The predicted molar refractivity (Wildman–Crippen MR) is 74.9 cm³/mol. The summed E-state index contributed by atoms with van der Waals surface area (Å²) >= 11 is 0. The Bertz CT molecular complexity index is 555. The van der Waals surface area contributed by atoms with Crippen LogP contribution in [0.25, 0.3) is 0 Å². The van der Waals surface area contributed by atoms with Crippen LogP contribution >= 0.6 is 0 Å². The highest BCUT2D eigenvalue weighted by atomic mass is 19.1. The molecule has 0 aliphatic rings. The van der Waals surface area contributed by atoms with Gasteiger partial charge >= 0.3 is 0 Å². The van der Waals surface area contributed by atoms with Gasteiger partial charge in [0.25, 0.3) is 0 Å². The van der Waals surface area contributed by atoms with Crippen molar-refractivity contribution in [2.45, 2.75) is 19.9 Å². The maximum atomic E-state index is 13.3. The van der Waals surface area contributed by atoms with Crippen LogP contribution in [0.2, 0.25) is 0 Å². The molecule has 0 bridgehead atoms. The molecular weight excluding hydrogens is 260 g/mol. The molecule has 0 saturated carbocycles. The van der Waals surface area contributed by atoms with Gasteiger partial charge in [0.15, 0.2) is 0 Å². The highest BCUT2D eigenvalue weighted by Crippen LogP contribution is 2.26. The van der Waals surface area contributed by atoms with Crippen LogP contribution in [0.4, 0.5) is 8.78 Å². The molecule has 2 nitrogen and oxygen atoms in total. The summed E-state index contributed by atoms with van der Waals surface area (Å²) in [6.45, 7) is 3.45. The van der Waals surface area contributed by atoms with E-state index >= 15 is 0 Å². The minimum absolute atomic E-state index is 0.301. The third-order valence-corrected chi connectivity index (χ3v) is 2.81. The van der Waals surface area contributed by atoms with Crippen molar-refractivity contribution in [3.8, 4) is 11.5 Å². The monoisotopic (exact) mass is 277 g/mol. The van der Waals surface area contributed by atoms with Crippen molar-refractivity contribution in [1.29, 1.82) is 0 Å². The molecule has 1 N–H and O–H groups in total. The van der Waals surface area contributed by atoms with Gasteiger partial charge in [-0.3, -0.25) is 0 Å². The molecular formula is C16H17F2NO. The van der Waals surface area contributed by atoms with Crippen molar-refractivity contribution < 1.29 is 13.5 Å². The first-order chi connectivity index (χ1) is 9.69. The molecule has 0 aliphatic heterocycles. The molecule has 2 aromatic rings. The molecule has 0 heterocycles. The summed E-state index contributed by atoms with van der Waals surface area (Å²) in [5.74, 6) is 0.474. The summed E-state index contributed by atoms with van der Waals surface area (Å²) < 4.78 is 31.8. The fourth-order valence-electron chi connectivity index (χ4n) is 1.82. The van der Waals surface area contributed by atoms with Gasteiger partial charge in [-0.05, 0) is 55.4 Å². The maximum Gasteiger partial charge on any atom is 0.132 e. The smallest absolute Gasteiger partial charge is 0.132 e. The lowest BCUT2D eigenvalue weighted by molar-refractivity contribution is 0.468. The van der Waals surface area contributed by atoms with Gasteiger partial charge < -0.3 is 10.1 Å². The van der Waals surface area contributed by atoms with Gasteiger partial charge in [0, 0.05) is 12.1 Å². The molecule has 20 heavy (non-hydrogen) atoms. The Morgan fingerprint density at radius 3 is 2.40 bits per heavy atom. The van der Waals surface area contributed by atoms with Crippen LogP contribution in [0.1, 0.15) is 18.9 Å². The fourth-order valence-corrected chi connectivity index (χ4v) is 1.82.